The minimum Gasteiger partial charge on any atom is -0.478 e. The highest BCUT2D eigenvalue weighted by Gasteiger charge is 2.28. The van der Waals surface area contributed by atoms with Crippen molar-refractivity contribution in [3.63, 3.8) is 0 Å². The van der Waals surface area contributed by atoms with Crippen molar-refractivity contribution in [1.82, 2.24) is 0 Å². The van der Waals surface area contributed by atoms with Crippen LogP contribution in [-0.4, -0.2) is 29.6 Å². The summed E-state index contributed by atoms with van der Waals surface area (Å²) in [6, 6.07) is 0. The molecule has 0 amide bonds. The Labute approximate surface area is 77.6 Å². The molecule has 0 saturated carbocycles. The van der Waals surface area contributed by atoms with Crippen LogP contribution < -0.4 is 0 Å². The van der Waals surface area contributed by atoms with E-state index in [2.05, 4.69) is 25.8 Å². The van der Waals surface area contributed by atoms with Gasteiger partial charge in [0.25, 0.3) is 0 Å². The standard InChI is InChI=1S/C9H15NO3/c1-9(2,3)4-7-10-5-6(13-7)8(11)12/h6H,4-5H2,1-3H3,(H,11,12). The van der Waals surface area contributed by atoms with Gasteiger partial charge in [-0.25, -0.2) is 4.79 Å². The highest BCUT2D eigenvalue weighted by Crippen LogP contribution is 2.22. The van der Waals surface area contributed by atoms with Crippen molar-refractivity contribution in [1.29, 1.82) is 0 Å². The van der Waals surface area contributed by atoms with Gasteiger partial charge in [-0.1, -0.05) is 20.8 Å². The van der Waals surface area contributed by atoms with Crippen molar-refractivity contribution < 1.29 is 14.6 Å². The molecule has 0 saturated heterocycles. The zero-order valence-corrected chi connectivity index (χ0v) is 8.20. The number of carboxylic acids is 1. The number of ether oxygens (including phenoxy) is 1. The number of hydrogen-bond donors (Lipinski definition) is 1. The quantitative estimate of drug-likeness (QED) is 0.705. The van der Waals surface area contributed by atoms with Crippen LogP contribution in [0.3, 0.4) is 0 Å². The average Bonchev–Trinajstić information content (AvgIpc) is 2.31. The third kappa shape index (κ3) is 3.05. The van der Waals surface area contributed by atoms with Crippen LogP contribution in [0.15, 0.2) is 4.99 Å². The van der Waals surface area contributed by atoms with Crippen molar-refractivity contribution in [2.45, 2.75) is 33.3 Å². The van der Waals surface area contributed by atoms with Crippen molar-refractivity contribution >= 4 is 11.9 Å². The molecule has 0 spiro atoms. The molecule has 0 bridgehead atoms. The Bertz CT molecular complexity index is 240. The van der Waals surface area contributed by atoms with Crippen LogP contribution in [0.2, 0.25) is 0 Å². The van der Waals surface area contributed by atoms with E-state index in [1.807, 2.05) is 0 Å². The summed E-state index contributed by atoms with van der Waals surface area (Å²) in [6.45, 7) is 6.44. The maximum absolute atomic E-state index is 10.5. The summed E-state index contributed by atoms with van der Waals surface area (Å²) in [4.78, 5) is 14.6. The second-order valence-corrected chi connectivity index (χ2v) is 4.42. The fourth-order valence-corrected chi connectivity index (χ4v) is 1.10. The number of carbonyl (C=O) groups is 1. The van der Waals surface area contributed by atoms with Gasteiger partial charge in [0.2, 0.25) is 6.10 Å². The lowest BCUT2D eigenvalue weighted by Crippen LogP contribution is -2.25. The molecule has 1 atom stereocenters. The number of carboxylic acid groups (broad SMARTS) is 1. The monoisotopic (exact) mass is 185 g/mol. The third-order valence-electron chi connectivity index (χ3n) is 1.67. The summed E-state index contributed by atoms with van der Waals surface area (Å²) in [7, 11) is 0. The third-order valence-corrected chi connectivity index (χ3v) is 1.67. The normalized spacial score (nSPS) is 22.4. The Hall–Kier alpha value is -1.06. The Morgan fingerprint density at radius 1 is 1.69 bits per heavy atom. The first-order valence-electron chi connectivity index (χ1n) is 4.31. The van der Waals surface area contributed by atoms with Crippen molar-refractivity contribution in [3.8, 4) is 0 Å². The van der Waals surface area contributed by atoms with E-state index in [1.165, 1.54) is 0 Å². The van der Waals surface area contributed by atoms with Gasteiger partial charge in [0.05, 0.1) is 6.54 Å². The molecule has 1 rings (SSSR count). The van der Waals surface area contributed by atoms with Gasteiger partial charge in [0.15, 0.2) is 5.90 Å². The van der Waals surface area contributed by atoms with Gasteiger partial charge < -0.3 is 9.84 Å². The summed E-state index contributed by atoms with van der Waals surface area (Å²) in [6.07, 6.45) is -0.0751. The van der Waals surface area contributed by atoms with E-state index < -0.39 is 12.1 Å². The second kappa shape index (κ2) is 3.36. The van der Waals surface area contributed by atoms with Crippen LogP contribution in [-0.2, 0) is 9.53 Å². The molecule has 0 aromatic carbocycles. The zero-order valence-electron chi connectivity index (χ0n) is 8.20. The largest absolute Gasteiger partial charge is 0.478 e. The molecule has 0 aliphatic carbocycles. The van der Waals surface area contributed by atoms with Gasteiger partial charge in [-0.2, -0.15) is 0 Å². The van der Waals surface area contributed by atoms with Gasteiger partial charge in [-0.05, 0) is 5.41 Å². The first kappa shape index (κ1) is 10.0. The molecule has 1 N–H and O–H groups in total. The summed E-state index contributed by atoms with van der Waals surface area (Å²) >= 11 is 0. The molecule has 1 aliphatic rings. The molecule has 1 heterocycles. The van der Waals surface area contributed by atoms with Crippen LogP contribution in [0.4, 0.5) is 0 Å². The summed E-state index contributed by atoms with van der Waals surface area (Å²) in [5.41, 5.74) is 0.0895. The number of rotatable bonds is 2. The lowest BCUT2D eigenvalue weighted by atomic mass is 9.92. The highest BCUT2D eigenvalue weighted by atomic mass is 16.5. The molecule has 1 unspecified atom stereocenters. The minimum absolute atomic E-state index is 0.0895. The van der Waals surface area contributed by atoms with Gasteiger partial charge in [0.1, 0.15) is 0 Å². The summed E-state index contributed by atoms with van der Waals surface area (Å²) in [5.74, 6) is -0.368. The van der Waals surface area contributed by atoms with Crippen molar-refractivity contribution in [2.75, 3.05) is 6.54 Å². The van der Waals surface area contributed by atoms with Gasteiger partial charge in [0, 0.05) is 6.42 Å². The van der Waals surface area contributed by atoms with E-state index in [1.54, 1.807) is 0 Å². The van der Waals surface area contributed by atoms with E-state index in [0.29, 0.717) is 12.3 Å². The first-order valence-corrected chi connectivity index (χ1v) is 4.31. The Morgan fingerprint density at radius 2 is 2.31 bits per heavy atom. The SMILES string of the molecule is CC(C)(C)CC1=NCC(C(=O)O)O1. The van der Waals surface area contributed by atoms with Gasteiger partial charge in [-0.3, -0.25) is 4.99 Å². The van der Waals surface area contributed by atoms with E-state index in [9.17, 15) is 4.79 Å². The zero-order chi connectivity index (χ0) is 10.1. The Morgan fingerprint density at radius 3 is 2.69 bits per heavy atom. The van der Waals surface area contributed by atoms with Crippen LogP contribution in [0, 0.1) is 5.41 Å². The molecular weight excluding hydrogens is 170 g/mol. The molecule has 0 aromatic rings. The second-order valence-electron chi connectivity index (χ2n) is 4.42. The number of aliphatic imine (C=N–C) groups is 1. The lowest BCUT2D eigenvalue weighted by Gasteiger charge is -2.17. The predicted octanol–water partition coefficient (Wildman–Crippen LogP) is 1.30. The molecule has 74 valence electrons. The van der Waals surface area contributed by atoms with Crippen molar-refractivity contribution in [2.24, 2.45) is 10.4 Å². The molecular formula is C9H15NO3. The van der Waals surface area contributed by atoms with Gasteiger partial charge in [-0.15, -0.1) is 0 Å². The first-order chi connectivity index (χ1) is 5.88. The highest BCUT2D eigenvalue weighted by molar-refractivity contribution is 5.84. The van der Waals surface area contributed by atoms with Crippen molar-refractivity contribution in [3.05, 3.63) is 0 Å². The number of nitrogens with zero attached hydrogens (tertiary/aromatic N) is 1. The van der Waals surface area contributed by atoms with Crippen LogP contribution in [0.5, 0.6) is 0 Å². The maximum Gasteiger partial charge on any atom is 0.346 e. The van der Waals surface area contributed by atoms with E-state index in [4.69, 9.17) is 9.84 Å². The van der Waals surface area contributed by atoms with Crippen LogP contribution in [0.25, 0.3) is 0 Å². The maximum atomic E-state index is 10.5. The number of aliphatic carboxylic acids is 1. The van der Waals surface area contributed by atoms with Crippen LogP contribution in [0.1, 0.15) is 27.2 Å². The summed E-state index contributed by atoms with van der Waals surface area (Å²) in [5, 5.41) is 8.63. The predicted molar refractivity (Wildman–Crippen MR) is 48.9 cm³/mol. The summed E-state index contributed by atoms with van der Waals surface area (Å²) < 4.78 is 5.15. The smallest absolute Gasteiger partial charge is 0.346 e. The fraction of sp³-hybridized carbons (Fsp3) is 0.778. The Kier molecular flexibility index (Phi) is 2.59. The topological polar surface area (TPSA) is 58.9 Å². The minimum atomic E-state index is -0.937. The average molecular weight is 185 g/mol. The van der Waals surface area contributed by atoms with Gasteiger partial charge >= 0.3 is 5.97 Å². The number of hydrogen-bond acceptors (Lipinski definition) is 3. The molecule has 1 aliphatic heterocycles. The molecule has 0 fully saturated rings. The van der Waals surface area contributed by atoms with E-state index in [0.717, 1.165) is 0 Å². The molecule has 0 radical (unpaired) electrons. The molecule has 13 heavy (non-hydrogen) atoms. The molecule has 0 aromatic heterocycles. The van der Waals surface area contributed by atoms with E-state index >= 15 is 0 Å². The van der Waals surface area contributed by atoms with Crippen LogP contribution >= 0.6 is 0 Å². The van der Waals surface area contributed by atoms with E-state index in [-0.39, 0.29) is 12.0 Å². The molecule has 4 nitrogen and oxygen atoms in total. The fourth-order valence-electron chi connectivity index (χ4n) is 1.10. The molecule has 4 heteroatoms. The Balaban J connectivity index is 2.45. The lowest BCUT2D eigenvalue weighted by molar-refractivity contribution is -0.144.